The van der Waals surface area contributed by atoms with E-state index < -0.39 is 0 Å². The van der Waals surface area contributed by atoms with Gasteiger partial charge in [0.05, 0.1) is 0 Å². The van der Waals surface area contributed by atoms with Crippen molar-refractivity contribution in [3.63, 3.8) is 0 Å². The molecule has 0 nitrogen and oxygen atoms in total. The zero-order valence-electron chi connectivity index (χ0n) is 2.59. The predicted octanol–water partition coefficient (Wildman–Crippen LogP) is 0.330. The molecule has 0 fully saturated rings. The van der Waals surface area contributed by atoms with Gasteiger partial charge in [0.1, 0.15) is 0 Å². The van der Waals surface area contributed by atoms with Gasteiger partial charge in [-0.15, -0.1) is 11.6 Å². The lowest BCUT2D eigenvalue weighted by atomic mass is 10.2. The Morgan fingerprint density at radius 2 is 2.00 bits per heavy atom. The summed E-state index contributed by atoms with van der Waals surface area (Å²) in [5.74, 6) is 0. The zero-order chi connectivity index (χ0) is 3.58. The van der Waals surface area contributed by atoms with Gasteiger partial charge in [-0.2, -0.15) is 0 Å². The minimum atomic E-state index is 0.639. The number of halogens is 1. The summed E-state index contributed by atoms with van der Waals surface area (Å²) < 4.78 is 0. The van der Waals surface area contributed by atoms with Gasteiger partial charge >= 0.3 is 0 Å². The van der Waals surface area contributed by atoms with Crippen molar-refractivity contribution in [3.8, 4) is 0 Å². The third-order valence-corrected chi connectivity index (χ3v) is 0. The van der Waals surface area contributed by atoms with Gasteiger partial charge in [-0.1, -0.05) is 6.58 Å². The van der Waals surface area contributed by atoms with Crippen LogP contribution in [-0.2, 0) is 0 Å². The molecule has 0 heterocycles. The van der Waals surface area contributed by atoms with E-state index in [9.17, 15) is 0 Å². The lowest BCUT2D eigenvalue weighted by Crippen LogP contribution is -1.50. The molecule has 2 heteroatoms. The molecule has 0 aromatic carbocycles. The van der Waals surface area contributed by atoms with Gasteiger partial charge < -0.3 is 0 Å². The molecule has 0 aromatic heterocycles. The van der Waals surface area contributed by atoms with E-state index in [-0.39, 0.29) is 0 Å². The maximum Gasteiger partial charge on any atom is 0.153 e. The van der Waals surface area contributed by atoms with E-state index in [1.807, 2.05) is 0 Å². The Kier molecular flexibility index (Phi) is 1.45. The number of hydrogen-bond acceptors (Lipinski definition) is 0. The monoisotopic (exact) mass is 74.0 g/mol. The highest BCUT2D eigenvalue weighted by Crippen LogP contribution is 1.81. The summed E-state index contributed by atoms with van der Waals surface area (Å²) in [5.41, 5.74) is 0. The van der Waals surface area contributed by atoms with E-state index >= 15 is 0 Å². The standard InChI is InChI=1S/C2H4BCl/c1-2(3)4/h1,3H2. The van der Waals surface area contributed by atoms with Crippen molar-refractivity contribution < 1.29 is 0 Å². The topological polar surface area (TPSA) is 0 Å². The quantitative estimate of drug-likeness (QED) is 0.363. The van der Waals surface area contributed by atoms with Gasteiger partial charge in [-0.25, -0.2) is 0 Å². The predicted molar refractivity (Wildman–Crippen MR) is 23.5 cm³/mol. The summed E-state index contributed by atoms with van der Waals surface area (Å²) in [6, 6.07) is 0. The first-order chi connectivity index (χ1) is 1.73. The molecule has 0 atom stereocenters. The fourth-order valence-corrected chi connectivity index (χ4v) is 0. The molecular formula is C2H4BCl. The van der Waals surface area contributed by atoms with Gasteiger partial charge in [-0.3, -0.25) is 0 Å². The van der Waals surface area contributed by atoms with Crippen molar-refractivity contribution in [1.29, 1.82) is 0 Å². The molecule has 0 saturated heterocycles. The van der Waals surface area contributed by atoms with Crippen molar-refractivity contribution in [2.45, 2.75) is 0 Å². The maximum absolute atomic E-state index is 5.08. The van der Waals surface area contributed by atoms with E-state index in [0.29, 0.717) is 4.93 Å². The van der Waals surface area contributed by atoms with Crippen molar-refractivity contribution in [3.05, 3.63) is 11.5 Å². The van der Waals surface area contributed by atoms with Gasteiger partial charge in [0, 0.05) is 0 Å². The average Bonchev–Trinajstić information content (AvgIpc) is 0.811. The van der Waals surface area contributed by atoms with E-state index in [1.54, 1.807) is 7.85 Å². The van der Waals surface area contributed by atoms with Crippen LogP contribution in [-0.4, -0.2) is 7.85 Å². The molecule has 0 unspecified atom stereocenters. The molecule has 4 heavy (non-hydrogen) atoms. The third kappa shape index (κ3) is 279. The second-order valence-corrected chi connectivity index (χ2v) is 1.32. The Balaban J connectivity index is 2.80. The molecule has 0 N–H and O–H groups in total. The average molecular weight is 74.3 g/mol. The van der Waals surface area contributed by atoms with Gasteiger partial charge in [0.25, 0.3) is 0 Å². The molecule has 0 bridgehead atoms. The Hall–Kier alpha value is 0.0949. The van der Waals surface area contributed by atoms with E-state index in [1.165, 1.54) is 0 Å². The van der Waals surface area contributed by atoms with Crippen molar-refractivity contribution in [1.82, 2.24) is 0 Å². The second kappa shape index (κ2) is 1.42. The SMILES string of the molecule is BC(=C)Cl. The highest BCUT2D eigenvalue weighted by atomic mass is 35.5. The molecule has 0 aliphatic heterocycles. The van der Waals surface area contributed by atoms with Crippen molar-refractivity contribution in [2.24, 2.45) is 0 Å². The van der Waals surface area contributed by atoms with Crippen LogP contribution >= 0.6 is 11.6 Å². The largest absolute Gasteiger partial charge is 0.153 e. The number of rotatable bonds is 0. The summed E-state index contributed by atoms with van der Waals surface area (Å²) in [5, 5.41) is 0. The van der Waals surface area contributed by atoms with Crippen LogP contribution in [0.15, 0.2) is 11.5 Å². The van der Waals surface area contributed by atoms with E-state index in [4.69, 9.17) is 11.6 Å². The lowest BCUT2D eigenvalue weighted by molar-refractivity contribution is 2.45. The molecular weight excluding hydrogens is 70.3 g/mol. The van der Waals surface area contributed by atoms with Crippen molar-refractivity contribution >= 4 is 19.4 Å². The number of hydrogen-bond donors (Lipinski definition) is 0. The van der Waals surface area contributed by atoms with Gasteiger partial charge in [0.2, 0.25) is 0 Å². The Morgan fingerprint density at radius 1 is 2.00 bits per heavy atom. The van der Waals surface area contributed by atoms with E-state index in [2.05, 4.69) is 6.58 Å². The van der Waals surface area contributed by atoms with Crippen LogP contribution in [0.1, 0.15) is 0 Å². The fourth-order valence-electron chi connectivity index (χ4n) is 0. The minimum absolute atomic E-state index is 0.639. The minimum Gasteiger partial charge on any atom is -0.102 e. The molecule has 0 amide bonds. The molecule has 0 saturated carbocycles. The first-order valence-corrected chi connectivity index (χ1v) is 1.42. The van der Waals surface area contributed by atoms with Crippen LogP contribution in [0.5, 0.6) is 0 Å². The summed E-state index contributed by atoms with van der Waals surface area (Å²) >= 11 is 5.08. The Morgan fingerprint density at radius 3 is 2.00 bits per heavy atom. The van der Waals surface area contributed by atoms with E-state index in [0.717, 1.165) is 0 Å². The van der Waals surface area contributed by atoms with Crippen LogP contribution in [0.2, 0.25) is 0 Å². The van der Waals surface area contributed by atoms with Crippen molar-refractivity contribution in [2.75, 3.05) is 0 Å². The molecule has 0 aliphatic rings. The highest BCUT2D eigenvalue weighted by Gasteiger charge is 1.57. The smallest absolute Gasteiger partial charge is 0.102 e. The molecule has 22 valence electrons. The Bertz CT molecular complexity index is 29.0. The van der Waals surface area contributed by atoms with Crippen LogP contribution < -0.4 is 0 Å². The summed E-state index contributed by atoms with van der Waals surface area (Å²) in [6.45, 7) is 3.32. The molecule has 0 aliphatic carbocycles. The van der Waals surface area contributed by atoms with Crippen LogP contribution in [0.4, 0.5) is 0 Å². The first kappa shape index (κ1) is 4.09. The summed E-state index contributed by atoms with van der Waals surface area (Å²) in [7, 11) is 1.74. The zero-order valence-corrected chi connectivity index (χ0v) is 3.34. The molecule has 0 radical (unpaired) electrons. The fraction of sp³-hybridized carbons (Fsp3) is 0. The second-order valence-electron chi connectivity index (χ2n) is 0.676. The van der Waals surface area contributed by atoms with Crippen LogP contribution in [0.3, 0.4) is 0 Å². The lowest BCUT2D eigenvalue weighted by Gasteiger charge is -1.60. The summed E-state index contributed by atoms with van der Waals surface area (Å²) in [6.07, 6.45) is 0. The van der Waals surface area contributed by atoms with Gasteiger partial charge in [0.15, 0.2) is 7.85 Å². The molecule has 0 aromatic rings. The molecule has 0 rings (SSSR count). The van der Waals surface area contributed by atoms with Crippen LogP contribution in [0, 0.1) is 0 Å². The maximum atomic E-state index is 5.08. The normalized spacial score (nSPS) is 6.25. The Labute approximate surface area is 31.9 Å². The molecule has 0 spiro atoms. The van der Waals surface area contributed by atoms with Crippen LogP contribution in [0.25, 0.3) is 0 Å². The summed E-state index contributed by atoms with van der Waals surface area (Å²) in [4.78, 5) is 0.639. The first-order valence-electron chi connectivity index (χ1n) is 1.04. The highest BCUT2D eigenvalue weighted by molar-refractivity contribution is 6.51. The third-order valence-electron chi connectivity index (χ3n) is 0. The van der Waals surface area contributed by atoms with Gasteiger partial charge in [-0.05, 0) is 4.93 Å².